The van der Waals surface area contributed by atoms with Crippen LogP contribution in [0, 0.1) is 28.4 Å². The number of anilines is 4. The number of hydrogen-bond donors (Lipinski definition) is 3. The maximum atomic E-state index is 14.6. The summed E-state index contributed by atoms with van der Waals surface area (Å²) >= 11 is 0. The van der Waals surface area contributed by atoms with Crippen LogP contribution in [-0.4, -0.2) is 110 Å². The first-order valence-corrected chi connectivity index (χ1v) is 26.8. The Morgan fingerprint density at radius 3 is 2.57 bits per heavy atom. The second-order valence-corrected chi connectivity index (χ2v) is 22.3. The van der Waals surface area contributed by atoms with Crippen LogP contribution in [-0.2, 0) is 19.5 Å². The Morgan fingerprint density at radius 1 is 0.931 bits per heavy atom. The minimum atomic E-state index is -4.60. The second-order valence-electron chi connectivity index (χ2n) is 20.6. The van der Waals surface area contributed by atoms with Crippen molar-refractivity contribution in [1.82, 2.24) is 24.6 Å². The monoisotopic (exact) mass is 993 g/mol. The Kier molecular flexibility index (Phi) is 12.1. The van der Waals surface area contributed by atoms with E-state index in [2.05, 4.69) is 68.1 Å². The van der Waals surface area contributed by atoms with Crippen LogP contribution in [0.15, 0.2) is 102 Å². The molecule has 6 aromatic rings. The summed E-state index contributed by atoms with van der Waals surface area (Å²) in [6.07, 6.45) is 11.7. The SMILES string of the molecule is Cc1ccc(-c2ccccc2[C@@H]2CCCN2C2CC3(CCN(c4ccc(C(=O)NS(=O)(=O)c5ccc(NCC6CCOCC6)c([N+](=O)[O-])c5)c(N5c6cc7cc[nH]c7nc6O[C@@H]6COC[C@H]65)c4)CC3)C2)nc1. The number of rotatable bonds is 12. The van der Waals surface area contributed by atoms with Gasteiger partial charge < -0.3 is 34.3 Å². The minimum Gasteiger partial charge on any atom is -0.468 e. The number of benzene rings is 3. The van der Waals surface area contributed by atoms with E-state index < -0.39 is 37.5 Å². The normalized spacial score (nSPS) is 22.3. The van der Waals surface area contributed by atoms with Gasteiger partial charge in [0.25, 0.3) is 21.6 Å². The molecule has 12 rings (SSSR count). The van der Waals surface area contributed by atoms with E-state index in [1.165, 1.54) is 29.7 Å². The van der Waals surface area contributed by atoms with Crippen LogP contribution in [0.25, 0.3) is 22.3 Å². The van der Waals surface area contributed by atoms with E-state index in [9.17, 15) is 23.3 Å². The molecule has 0 bridgehead atoms. The van der Waals surface area contributed by atoms with E-state index in [0.29, 0.717) is 68.0 Å². The van der Waals surface area contributed by atoms with E-state index in [-0.39, 0.29) is 28.6 Å². The van der Waals surface area contributed by atoms with E-state index in [0.717, 1.165) is 93.0 Å². The van der Waals surface area contributed by atoms with Gasteiger partial charge in [0, 0.05) is 80.0 Å². The van der Waals surface area contributed by atoms with Gasteiger partial charge in [-0.05, 0) is 136 Å². The van der Waals surface area contributed by atoms with Crippen LogP contribution < -0.4 is 24.6 Å². The largest absolute Gasteiger partial charge is 0.468 e. The predicted molar refractivity (Wildman–Crippen MR) is 273 cm³/mol. The molecule has 1 amide bonds. The Balaban J connectivity index is 0.806. The van der Waals surface area contributed by atoms with Gasteiger partial charge >= 0.3 is 0 Å². The Hall–Kier alpha value is -6.60. The molecule has 6 aliphatic rings. The van der Waals surface area contributed by atoms with Gasteiger partial charge in [-0.3, -0.25) is 24.8 Å². The number of H-pyrrole nitrogens is 1. The van der Waals surface area contributed by atoms with Crippen molar-refractivity contribution in [3.8, 4) is 17.1 Å². The third-order valence-electron chi connectivity index (χ3n) is 16.2. The summed E-state index contributed by atoms with van der Waals surface area (Å²) in [5.41, 5.74) is 7.58. The van der Waals surface area contributed by atoms with Crippen molar-refractivity contribution in [2.75, 3.05) is 67.7 Å². The molecule has 4 saturated heterocycles. The number of carbonyl (C=O) groups is 1. The van der Waals surface area contributed by atoms with Crippen LogP contribution >= 0.6 is 0 Å². The highest BCUT2D eigenvalue weighted by molar-refractivity contribution is 7.90. The fourth-order valence-electron chi connectivity index (χ4n) is 12.3. The number of piperidine rings is 1. The van der Waals surface area contributed by atoms with Gasteiger partial charge in [0.1, 0.15) is 23.1 Å². The molecule has 72 heavy (non-hydrogen) atoms. The molecule has 17 nitrogen and oxygen atoms in total. The predicted octanol–water partition coefficient (Wildman–Crippen LogP) is 8.68. The van der Waals surface area contributed by atoms with Crippen LogP contribution in [0.1, 0.15) is 78.9 Å². The van der Waals surface area contributed by atoms with E-state index in [1.807, 2.05) is 35.4 Å². The molecular weight excluding hydrogens is 935 g/mol. The number of nitro groups is 1. The molecule has 8 heterocycles. The first-order valence-electron chi connectivity index (χ1n) is 25.3. The zero-order chi connectivity index (χ0) is 49.1. The lowest BCUT2D eigenvalue weighted by Gasteiger charge is -2.56. The Morgan fingerprint density at radius 2 is 1.76 bits per heavy atom. The van der Waals surface area contributed by atoms with Crippen LogP contribution in [0.4, 0.5) is 28.4 Å². The number of nitrogens with one attached hydrogen (secondary N) is 3. The summed E-state index contributed by atoms with van der Waals surface area (Å²) in [5.74, 6) is -0.241. The zero-order valence-electron chi connectivity index (χ0n) is 40.3. The van der Waals surface area contributed by atoms with Gasteiger partial charge in [0.15, 0.2) is 0 Å². The molecule has 3 atom stereocenters. The molecule has 1 aliphatic carbocycles. The lowest BCUT2D eigenvalue weighted by molar-refractivity contribution is -0.384. The maximum absolute atomic E-state index is 14.6. The number of ether oxygens (including phenoxy) is 3. The lowest BCUT2D eigenvalue weighted by atomic mass is 9.59. The summed E-state index contributed by atoms with van der Waals surface area (Å²) in [4.78, 5) is 45.9. The first-order chi connectivity index (χ1) is 35.0. The molecule has 3 N–H and O–H groups in total. The van der Waals surface area contributed by atoms with Crippen LogP contribution in [0.3, 0.4) is 0 Å². The number of amides is 1. The third-order valence-corrected chi connectivity index (χ3v) is 17.6. The fourth-order valence-corrected chi connectivity index (χ4v) is 13.3. The van der Waals surface area contributed by atoms with Crippen LogP contribution in [0.2, 0.25) is 0 Å². The number of pyridine rings is 2. The number of aromatic amines is 1. The van der Waals surface area contributed by atoms with Gasteiger partial charge in [-0.2, -0.15) is 4.98 Å². The average Bonchev–Trinajstić information content (AvgIpc) is 4.18. The summed E-state index contributed by atoms with van der Waals surface area (Å²) in [6, 6.07) is 26.7. The van der Waals surface area contributed by atoms with Crippen LogP contribution in [0.5, 0.6) is 5.88 Å². The standard InChI is InChI=1S/C54H59N9O8S/c1-34-8-12-43(56-30-34)40-5-2-3-6-41(40)45-7-4-20-61(45)38-28-54(29-38)17-21-60(22-18-54)37-9-11-42(46(26-37)62-48-25-36-14-19-55-51(36)58-53(48)71-50-33-70-32-49(50)62)52(64)59-72(67,68)39-10-13-44(47(27-39)63(65)66)57-31-35-15-23-69-24-16-35/h2-3,5-6,8-14,19,25-27,30,35,38,45,49-50,57H,4,7,15-18,20-24,28-29,31-33H2,1H3,(H,55,58)(H,59,64)/t45-,49+,50+/m0/s1. The highest BCUT2D eigenvalue weighted by Gasteiger charge is 2.50. The smallest absolute Gasteiger partial charge is 0.293 e. The van der Waals surface area contributed by atoms with Gasteiger partial charge in [-0.25, -0.2) is 13.1 Å². The van der Waals surface area contributed by atoms with E-state index >= 15 is 0 Å². The van der Waals surface area contributed by atoms with Gasteiger partial charge in [0.05, 0.1) is 46.0 Å². The molecular formula is C54H59N9O8S. The topological polar surface area (TPSA) is 197 Å². The molecule has 0 radical (unpaired) electrons. The highest BCUT2D eigenvalue weighted by Crippen LogP contribution is 2.55. The number of hydrogen-bond acceptors (Lipinski definition) is 14. The van der Waals surface area contributed by atoms with Gasteiger partial charge in [0.2, 0.25) is 5.88 Å². The van der Waals surface area contributed by atoms with E-state index in [1.54, 1.807) is 12.3 Å². The van der Waals surface area contributed by atoms with Crippen molar-refractivity contribution >= 4 is 55.4 Å². The van der Waals surface area contributed by atoms with E-state index in [4.69, 9.17) is 24.2 Å². The lowest BCUT2D eigenvalue weighted by Crippen LogP contribution is -2.55. The molecule has 374 valence electrons. The summed E-state index contributed by atoms with van der Waals surface area (Å²) in [6.45, 7) is 7.18. The third kappa shape index (κ3) is 8.71. The fraction of sp³-hybridized carbons (Fsp3) is 0.426. The molecule has 1 spiro atoms. The molecule has 1 saturated carbocycles. The molecule has 0 unspecified atom stereocenters. The maximum Gasteiger partial charge on any atom is 0.293 e. The molecule has 5 aliphatic heterocycles. The number of nitrogens with zero attached hydrogens (tertiary/aromatic N) is 6. The molecule has 18 heteroatoms. The summed E-state index contributed by atoms with van der Waals surface area (Å²) in [5, 5.41) is 16.3. The van der Waals surface area contributed by atoms with Gasteiger partial charge in [-0.1, -0.05) is 30.3 Å². The molecule has 3 aromatic carbocycles. The number of fused-ring (bicyclic) bond motifs is 3. The van der Waals surface area contributed by atoms with Gasteiger partial charge in [-0.15, -0.1) is 0 Å². The summed E-state index contributed by atoms with van der Waals surface area (Å²) in [7, 11) is -4.60. The van der Waals surface area contributed by atoms with Crippen molar-refractivity contribution in [1.29, 1.82) is 0 Å². The molecule has 3 aromatic heterocycles. The van der Waals surface area contributed by atoms with Crippen molar-refractivity contribution in [3.05, 3.63) is 124 Å². The number of aryl methyl sites for hydroxylation is 1. The first kappa shape index (κ1) is 46.5. The van der Waals surface area contributed by atoms with Crippen molar-refractivity contribution in [3.63, 3.8) is 0 Å². The number of nitro benzene ring substituents is 1. The van der Waals surface area contributed by atoms with Crippen molar-refractivity contribution in [2.45, 2.75) is 87.4 Å². The highest BCUT2D eigenvalue weighted by atomic mass is 32.2. The Labute approximate surface area is 418 Å². The second kappa shape index (κ2) is 18.8. The Bertz CT molecular complexity index is 3150. The average molecular weight is 994 g/mol. The quantitative estimate of drug-likeness (QED) is 0.0778. The number of sulfonamides is 1. The number of likely N-dealkylation sites (tertiary alicyclic amines) is 1. The van der Waals surface area contributed by atoms with Crippen molar-refractivity contribution < 1.29 is 32.3 Å². The summed E-state index contributed by atoms with van der Waals surface area (Å²) < 4.78 is 48.4. The zero-order valence-corrected chi connectivity index (χ0v) is 41.1. The molecule has 5 fully saturated rings. The number of aromatic nitrogens is 3. The van der Waals surface area contributed by atoms with Crippen molar-refractivity contribution in [2.24, 2.45) is 11.3 Å². The number of carbonyl (C=O) groups excluding carboxylic acids is 1. The minimum absolute atomic E-state index is 0.106.